The van der Waals surface area contributed by atoms with Crippen molar-refractivity contribution in [3.63, 3.8) is 0 Å². The number of halogens is 4. The predicted molar refractivity (Wildman–Crippen MR) is 98.3 cm³/mol. The van der Waals surface area contributed by atoms with Crippen LogP contribution in [0.3, 0.4) is 0 Å². The molecule has 1 aromatic rings. The molecule has 0 bridgehead atoms. The summed E-state index contributed by atoms with van der Waals surface area (Å²) in [6.45, 7) is 0.788. The highest BCUT2D eigenvalue weighted by Crippen LogP contribution is 2.28. The first kappa shape index (κ1) is 21.6. The SMILES string of the molecule is O=[N+]([O-])C1=C2N(Cc3cccc(Cl)n3)CCCN2CN(CCOCC(F)(F)F)C1. The van der Waals surface area contributed by atoms with Crippen molar-refractivity contribution in [1.82, 2.24) is 19.7 Å². The van der Waals surface area contributed by atoms with Gasteiger partial charge in [0.25, 0.3) is 5.70 Å². The molecule has 3 heterocycles. The molecule has 1 aromatic heterocycles. The third-order valence-corrected chi connectivity index (χ3v) is 4.83. The van der Waals surface area contributed by atoms with E-state index in [1.54, 1.807) is 17.0 Å². The molecule has 2 aliphatic heterocycles. The van der Waals surface area contributed by atoms with E-state index in [2.05, 4.69) is 9.72 Å². The Bertz CT molecular complexity index is 777. The number of hydrogen-bond acceptors (Lipinski definition) is 7. The average Bonchev–Trinajstić information content (AvgIpc) is 2.64. The summed E-state index contributed by atoms with van der Waals surface area (Å²) in [5.74, 6) is 0.537. The van der Waals surface area contributed by atoms with Gasteiger partial charge in [-0.3, -0.25) is 15.0 Å². The summed E-state index contributed by atoms with van der Waals surface area (Å²) in [5.41, 5.74) is 0.728. The molecule has 0 aliphatic carbocycles. The number of rotatable bonds is 7. The highest BCUT2D eigenvalue weighted by atomic mass is 35.5. The summed E-state index contributed by atoms with van der Waals surface area (Å²) in [6.07, 6.45) is -3.59. The number of aromatic nitrogens is 1. The minimum Gasteiger partial charge on any atom is -0.371 e. The molecule has 0 unspecified atom stereocenters. The normalized spacial score (nSPS) is 18.2. The van der Waals surface area contributed by atoms with E-state index < -0.39 is 17.7 Å². The molecule has 0 amide bonds. The second-order valence-electron chi connectivity index (χ2n) is 6.88. The van der Waals surface area contributed by atoms with Crippen molar-refractivity contribution in [3.8, 4) is 0 Å². The van der Waals surface area contributed by atoms with Crippen LogP contribution < -0.4 is 0 Å². The molecule has 0 saturated carbocycles. The van der Waals surface area contributed by atoms with Gasteiger partial charge in [-0.2, -0.15) is 13.2 Å². The third kappa shape index (κ3) is 5.94. The first-order chi connectivity index (χ1) is 13.7. The van der Waals surface area contributed by atoms with E-state index in [9.17, 15) is 23.3 Å². The van der Waals surface area contributed by atoms with E-state index in [0.29, 0.717) is 43.0 Å². The number of alkyl halides is 3. The molecule has 8 nitrogen and oxygen atoms in total. The van der Waals surface area contributed by atoms with Crippen LogP contribution in [0.5, 0.6) is 0 Å². The number of pyridine rings is 1. The summed E-state index contributed by atoms with van der Waals surface area (Å²) in [4.78, 5) is 21.1. The molecule has 0 N–H and O–H groups in total. The summed E-state index contributed by atoms with van der Waals surface area (Å²) in [7, 11) is 0. The lowest BCUT2D eigenvalue weighted by molar-refractivity contribution is -0.434. The van der Waals surface area contributed by atoms with Crippen molar-refractivity contribution in [2.75, 3.05) is 46.1 Å². The molecule has 0 radical (unpaired) electrons. The summed E-state index contributed by atoms with van der Waals surface area (Å²) in [5, 5.41) is 12.1. The van der Waals surface area contributed by atoms with Gasteiger partial charge in [-0.15, -0.1) is 0 Å². The Hall–Kier alpha value is -2.11. The zero-order valence-corrected chi connectivity index (χ0v) is 16.3. The number of hydrogen-bond donors (Lipinski definition) is 0. The number of fused-ring (bicyclic) bond motifs is 1. The number of nitro groups is 1. The fourth-order valence-electron chi connectivity index (χ4n) is 3.50. The molecule has 12 heteroatoms. The van der Waals surface area contributed by atoms with Crippen LogP contribution in [0.25, 0.3) is 0 Å². The van der Waals surface area contributed by atoms with Crippen LogP contribution >= 0.6 is 11.6 Å². The molecule has 2 aliphatic rings. The molecular weight excluding hydrogens is 415 g/mol. The highest BCUT2D eigenvalue weighted by molar-refractivity contribution is 6.29. The molecule has 29 heavy (non-hydrogen) atoms. The largest absolute Gasteiger partial charge is 0.411 e. The fourth-order valence-corrected chi connectivity index (χ4v) is 3.68. The smallest absolute Gasteiger partial charge is 0.371 e. The van der Waals surface area contributed by atoms with Gasteiger partial charge in [0.1, 0.15) is 11.8 Å². The van der Waals surface area contributed by atoms with Gasteiger partial charge in [0.2, 0.25) is 0 Å². The monoisotopic (exact) mass is 435 g/mol. The first-order valence-corrected chi connectivity index (χ1v) is 9.46. The van der Waals surface area contributed by atoms with Crippen molar-refractivity contribution in [3.05, 3.63) is 50.7 Å². The molecule has 3 rings (SSSR count). The second-order valence-corrected chi connectivity index (χ2v) is 7.27. The molecular formula is C17H21ClF3N5O3. The summed E-state index contributed by atoms with van der Waals surface area (Å²) in [6, 6.07) is 5.25. The van der Waals surface area contributed by atoms with Gasteiger partial charge in [0.05, 0.1) is 37.0 Å². The van der Waals surface area contributed by atoms with Crippen LogP contribution in [0.2, 0.25) is 5.15 Å². The standard InChI is InChI=1S/C17H21ClF3N5O3/c18-15-4-1-3-13(22-15)9-24-5-2-6-25-12-23(7-8-29-11-17(19,20)21)10-14(16(24)25)26(27)28/h1,3-4H,2,5-12H2. The van der Waals surface area contributed by atoms with Crippen LogP contribution in [0.4, 0.5) is 13.2 Å². The third-order valence-electron chi connectivity index (χ3n) is 4.62. The van der Waals surface area contributed by atoms with Gasteiger partial charge in [-0.1, -0.05) is 17.7 Å². The number of nitrogens with zero attached hydrogens (tertiary/aromatic N) is 5. The van der Waals surface area contributed by atoms with Crippen molar-refractivity contribution >= 4 is 11.6 Å². The van der Waals surface area contributed by atoms with E-state index in [0.717, 1.165) is 6.42 Å². The van der Waals surface area contributed by atoms with Gasteiger partial charge < -0.3 is 14.5 Å². The zero-order valence-electron chi connectivity index (χ0n) is 15.6. The van der Waals surface area contributed by atoms with Crippen LogP contribution in [-0.2, 0) is 11.3 Å². The lowest BCUT2D eigenvalue weighted by atomic mass is 10.2. The van der Waals surface area contributed by atoms with E-state index in [-0.39, 0.29) is 25.4 Å². The van der Waals surface area contributed by atoms with Crippen molar-refractivity contribution in [2.45, 2.75) is 19.1 Å². The Balaban J connectivity index is 1.71. The maximum Gasteiger partial charge on any atom is 0.411 e. The first-order valence-electron chi connectivity index (χ1n) is 9.08. The Morgan fingerprint density at radius 3 is 2.79 bits per heavy atom. The predicted octanol–water partition coefficient (Wildman–Crippen LogP) is 2.54. The molecule has 1 saturated heterocycles. The van der Waals surface area contributed by atoms with E-state index in [1.807, 2.05) is 15.9 Å². The van der Waals surface area contributed by atoms with Crippen LogP contribution in [0, 0.1) is 10.1 Å². The Morgan fingerprint density at radius 2 is 2.10 bits per heavy atom. The zero-order chi connectivity index (χ0) is 21.0. The number of ether oxygens (including phenoxy) is 1. The van der Waals surface area contributed by atoms with Crippen molar-refractivity contribution in [2.24, 2.45) is 0 Å². The molecule has 160 valence electrons. The van der Waals surface area contributed by atoms with Gasteiger partial charge in [-0.05, 0) is 18.6 Å². The molecule has 0 aromatic carbocycles. The lowest BCUT2D eigenvalue weighted by Crippen LogP contribution is -2.53. The summed E-state index contributed by atoms with van der Waals surface area (Å²) < 4.78 is 41.2. The average molecular weight is 436 g/mol. The second kappa shape index (κ2) is 9.14. The van der Waals surface area contributed by atoms with Crippen molar-refractivity contribution < 1.29 is 22.8 Å². The molecule has 1 fully saturated rings. The van der Waals surface area contributed by atoms with Gasteiger partial charge in [0.15, 0.2) is 5.82 Å². The van der Waals surface area contributed by atoms with Gasteiger partial charge in [-0.25, -0.2) is 4.98 Å². The topological polar surface area (TPSA) is 75.0 Å². The Kier molecular flexibility index (Phi) is 6.81. The Labute approximate surface area is 170 Å². The van der Waals surface area contributed by atoms with Crippen LogP contribution in [0.1, 0.15) is 12.1 Å². The van der Waals surface area contributed by atoms with Crippen molar-refractivity contribution in [1.29, 1.82) is 0 Å². The lowest BCUT2D eigenvalue weighted by Gasteiger charge is -2.44. The minimum atomic E-state index is -4.39. The minimum absolute atomic E-state index is 0.0220. The Morgan fingerprint density at radius 1 is 1.31 bits per heavy atom. The van der Waals surface area contributed by atoms with Gasteiger partial charge in [0, 0.05) is 19.6 Å². The van der Waals surface area contributed by atoms with E-state index in [4.69, 9.17) is 11.6 Å². The van der Waals surface area contributed by atoms with E-state index in [1.165, 1.54) is 0 Å². The van der Waals surface area contributed by atoms with Gasteiger partial charge >= 0.3 is 6.18 Å². The maximum absolute atomic E-state index is 12.2. The van der Waals surface area contributed by atoms with Crippen LogP contribution in [0.15, 0.2) is 29.7 Å². The van der Waals surface area contributed by atoms with E-state index >= 15 is 0 Å². The van der Waals surface area contributed by atoms with Crippen LogP contribution in [-0.4, -0.2) is 76.8 Å². The summed E-state index contributed by atoms with van der Waals surface area (Å²) >= 11 is 5.94. The fraction of sp³-hybridized carbons (Fsp3) is 0.588. The quantitative estimate of drug-likeness (QED) is 0.282. The molecule has 0 spiro atoms. The molecule has 0 atom stereocenters. The highest BCUT2D eigenvalue weighted by Gasteiger charge is 2.37. The maximum atomic E-state index is 12.2.